The lowest BCUT2D eigenvalue weighted by Gasteiger charge is -2.09. The van der Waals surface area contributed by atoms with Crippen molar-refractivity contribution in [3.05, 3.63) is 29.3 Å². The van der Waals surface area contributed by atoms with Crippen LogP contribution in [0.2, 0.25) is 0 Å². The molecule has 0 atom stereocenters. The summed E-state index contributed by atoms with van der Waals surface area (Å²) in [6.07, 6.45) is 5.05. The molecule has 122 valence electrons. The highest BCUT2D eigenvalue weighted by atomic mass is 16.5. The quantitative estimate of drug-likeness (QED) is 0.537. The highest BCUT2D eigenvalue weighted by Gasteiger charge is 2.26. The zero-order valence-corrected chi connectivity index (χ0v) is 12.7. The minimum atomic E-state index is -0.886. The predicted molar refractivity (Wildman–Crippen MR) is 81.4 cm³/mol. The number of nitrogens with one attached hydrogen (secondary N) is 3. The maximum absolute atomic E-state index is 11.6. The van der Waals surface area contributed by atoms with Crippen LogP contribution in [0.4, 0.5) is 0 Å². The maximum Gasteiger partial charge on any atom is 0.327 e. The van der Waals surface area contributed by atoms with Gasteiger partial charge in [-0.3, -0.25) is 25.2 Å². The Morgan fingerprint density at radius 2 is 1.83 bits per heavy atom. The van der Waals surface area contributed by atoms with Crippen LogP contribution in [0.3, 0.4) is 0 Å². The number of aryl methyl sites for hydroxylation is 2. The second kappa shape index (κ2) is 6.68. The van der Waals surface area contributed by atoms with Crippen LogP contribution in [-0.2, 0) is 27.2 Å². The molecule has 1 aromatic rings. The molecule has 0 heterocycles. The van der Waals surface area contributed by atoms with Crippen molar-refractivity contribution in [3.63, 3.8) is 0 Å². The smallest absolute Gasteiger partial charge is 0.327 e. The van der Waals surface area contributed by atoms with Gasteiger partial charge in [-0.15, -0.1) is 0 Å². The number of carbonyl (C=O) groups is 3. The number of fused-ring (bicyclic) bond motifs is 1. The second-order valence-electron chi connectivity index (χ2n) is 5.82. The number of amides is 3. The highest BCUT2D eigenvalue weighted by molar-refractivity contribution is 6.35. The Bertz CT molecular complexity index is 640. The summed E-state index contributed by atoms with van der Waals surface area (Å²) in [5.74, 6) is -1.54. The Morgan fingerprint density at radius 1 is 1.04 bits per heavy atom. The van der Waals surface area contributed by atoms with E-state index >= 15 is 0 Å². The molecule has 0 unspecified atom stereocenters. The zero-order chi connectivity index (χ0) is 16.2. The van der Waals surface area contributed by atoms with Gasteiger partial charge in [0.05, 0.1) is 0 Å². The van der Waals surface area contributed by atoms with Crippen LogP contribution < -0.4 is 20.9 Å². The Morgan fingerprint density at radius 3 is 2.61 bits per heavy atom. The Kier molecular flexibility index (Phi) is 4.45. The van der Waals surface area contributed by atoms with E-state index in [1.807, 2.05) is 18.2 Å². The topological polar surface area (TPSA) is 96.5 Å². The van der Waals surface area contributed by atoms with E-state index in [1.54, 1.807) is 0 Å². The van der Waals surface area contributed by atoms with Crippen LogP contribution in [0.15, 0.2) is 18.2 Å². The van der Waals surface area contributed by atoms with Crippen LogP contribution in [0.25, 0.3) is 0 Å². The fraction of sp³-hybridized carbons (Fsp3) is 0.438. The van der Waals surface area contributed by atoms with Gasteiger partial charge in [0.15, 0.2) is 6.61 Å². The van der Waals surface area contributed by atoms with E-state index in [-0.39, 0.29) is 12.6 Å². The fourth-order valence-corrected chi connectivity index (χ4v) is 2.48. The predicted octanol–water partition coefficient (Wildman–Crippen LogP) is -0.0199. The molecular weight excluding hydrogens is 298 g/mol. The molecule has 1 aromatic carbocycles. The van der Waals surface area contributed by atoms with Gasteiger partial charge in [0.2, 0.25) is 0 Å². The summed E-state index contributed by atoms with van der Waals surface area (Å²) in [5.41, 5.74) is 6.80. The molecule has 2 aliphatic carbocycles. The first-order valence-electron chi connectivity index (χ1n) is 7.76. The number of hydrogen-bond acceptors (Lipinski definition) is 4. The van der Waals surface area contributed by atoms with Gasteiger partial charge in [-0.25, -0.2) is 0 Å². The largest absolute Gasteiger partial charge is 0.484 e. The number of carbonyl (C=O) groups excluding carboxylic acids is 3. The van der Waals surface area contributed by atoms with E-state index in [2.05, 4.69) is 16.2 Å². The number of rotatable bonds is 4. The van der Waals surface area contributed by atoms with Crippen molar-refractivity contribution in [2.45, 2.75) is 38.1 Å². The van der Waals surface area contributed by atoms with E-state index < -0.39 is 17.7 Å². The Labute approximate surface area is 133 Å². The van der Waals surface area contributed by atoms with Crippen molar-refractivity contribution in [2.75, 3.05) is 6.61 Å². The third-order valence-electron chi connectivity index (χ3n) is 3.87. The van der Waals surface area contributed by atoms with E-state index in [9.17, 15) is 14.4 Å². The first kappa shape index (κ1) is 15.3. The highest BCUT2D eigenvalue weighted by Crippen LogP contribution is 2.25. The minimum absolute atomic E-state index is 0.0899. The summed E-state index contributed by atoms with van der Waals surface area (Å²) in [5, 5.41) is 2.53. The van der Waals surface area contributed by atoms with E-state index in [4.69, 9.17) is 4.74 Å². The molecular formula is C16H19N3O4. The first-order valence-corrected chi connectivity index (χ1v) is 7.76. The fourth-order valence-electron chi connectivity index (χ4n) is 2.48. The molecule has 7 heteroatoms. The van der Waals surface area contributed by atoms with Crippen molar-refractivity contribution in [2.24, 2.45) is 0 Å². The van der Waals surface area contributed by atoms with Gasteiger partial charge in [-0.05, 0) is 55.4 Å². The molecule has 0 bridgehead atoms. The van der Waals surface area contributed by atoms with Gasteiger partial charge in [-0.1, -0.05) is 6.07 Å². The SMILES string of the molecule is O=C(COc1ccc2c(c1)CCC2)NNC(=O)C(=O)NC1CC1. The average molecular weight is 317 g/mol. The molecule has 3 rings (SSSR count). The van der Waals surface area contributed by atoms with Gasteiger partial charge in [0.1, 0.15) is 5.75 Å². The summed E-state index contributed by atoms with van der Waals surface area (Å²) in [6, 6.07) is 5.88. The summed E-state index contributed by atoms with van der Waals surface area (Å²) >= 11 is 0. The summed E-state index contributed by atoms with van der Waals surface area (Å²) in [6.45, 7) is -0.233. The standard InChI is InChI=1S/C16H19N3O4/c20-14(18-19-16(22)15(21)17-12-5-6-12)9-23-13-7-4-10-2-1-3-11(10)8-13/h4,7-8,12H,1-3,5-6,9H2,(H,17,21)(H,18,20)(H,19,22). The molecule has 7 nitrogen and oxygen atoms in total. The molecule has 23 heavy (non-hydrogen) atoms. The van der Waals surface area contributed by atoms with Crippen molar-refractivity contribution in [1.82, 2.24) is 16.2 Å². The minimum Gasteiger partial charge on any atom is -0.484 e. The third-order valence-corrected chi connectivity index (χ3v) is 3.87. The molecule has 0 spiro atoms. The molecule has 3 amide bonds. The molecule has 2 aliphatic rings. The second-order valence-corrected chi connectivity index (χ2v) is 5.82. The zero-order valence-electron chi connectivity index (χ0n) is 12.7. The number of hydrogen-bond donors (Lipinski definition) is 3. The van der Waals surface area contributed by atoms with Crippen LogP contribution >= 0.6 is 0 Å². The Hall–Kier alpha value is -2.57. The first-order chi connectivity index (χ1) is 11.1. The van der Waals surface area contributed by atoms with Crippen LogP contribution in [0.1, 0.15) is 30.4 Å². The number of benzene rings is 1. The maximum atomic E-state index is 11.6. The molecule has 0 saturated heterocycles. The number of ether oxygens (including phenoxy) is 1. The molecule has 1 fully saturated rings. The molecule has 0 aliphatic heterocycles. The van der Waals surface area contributed by atoms with Crippen molar-refractivity contribution >= 4 is 17.7 Å². The van der Waals surface area contributed by atoms with E-state index in [0.717, 1.165) is 32.1 Å². The van der Waals surface area contributed by atoms with Gasteiger partial charge in [0.25, 0.3) is 5.91 Å². The van der Waals surface area contributed by atoms with E-state index in [0.29, 0.717) is 5.75 Å². The van der Waals surface area contributed by atoms with Gasteiger partial charge in [0, 0.05) is 6.04 Å². The van der Waals surface area contributed by atoms with E-state index in [1.165, 1.54) is 11.1 Å². The lowest BCUT2D eigenvalue weighted by molar-refractivity contribution is -0.141. The van der Waals surface area contributed by atoms with Crippen molar-refractivity contribution in [1.29, 1.82) is 0 Å². The summed E-state index contributed by atoms with van der Waals surface area (Å²) in [7, 11) is 0. The van der Waals surface area contributed by atoms with Crippen LogP contribution in [0.5, 0.6) is 5.75 Å². The molecule has 3 N–H and O–H groups in total. The number of hydrazine groups is 1. The monoisotopic (exact) mass is 317 g/mol. The summed E-state index contributed by atoms with van der Waals surface area (Å²) in [4.78, 5) is 34.5. The normalized spacial score (nSPS) is 15.5. The van der Waals surface area contributed by atoms with Gasteiger partial charge >= 0.3 is 11.8 Å². The lowest BCUT2D eigenvalue weighted by Crippen LogP contribution is -2.50. The molecule has 0 radical (unpaired) electrons. The van der Waals surface area contributed by atoms with Crippen LogP contribution in [0, 0.1) is 0 Å². The molecule has 0 aromatic heterocycles. The molecule has 1 saturated carbocycles. The summed E-state index contributed by atoms with van der Waals surface area (Å²) < 4.78 is 5.40. The van der Waals surface area contributed by atoms with Crippen LogP contribution in [-0.4, -0.2) is 30.4 Å². The lowest BCUT2D eigenvalue weighted by atomic mass is 10.1. The van der Waals surface area contributed by atoms with Gasteiger partial charge < -0.3 is 10.1 Å². The Balaban J connectivity index is 1.39. The van der Waals surface area contributed by atoms with Crippen molar-refractivity contribution < 1.29 is 19.1 Å². The van der Waals surface area contributed by atoms with Crippen molar-refractivity contribution in [3.8, 4) is 5.75 Å². The third kappa shape index (κ3) is 4.21. The average Bonchev–Trinajstić information content (AvgIpc) is 3.24. The van der Waals surface area contributed by atoms with Gasteiger partial charge in [-0.2, -0.15) is 0 Å².